The van der Waals surface area contributed by atoms with Gasteiger partial charge in [0.05, 0.1) is 5.56 Å². The lowest BCUT2D eigenvalue weighted by molar-refractivity contribution is 0.112. The molecule has 0 unspecified atom stereocenters. The van der Waals surface area contributed by atoms with Crippen molar-refractivity contribution in [3.8, 4) is 18.1 Å². The molecule has 1 rings (SSSR count). The Kier molecular flexibility index (Phi) is 8.99. The maximum Gasteiger partial charge on any atom is 0.153 e. The smallest absolute Gasteiger partial charge is 0.153 e. The number of terminal acetylenes is 1. The predicted molar refractivity (Wildman–Crippen MR) is 81.1 cm³/mol. The summed E-state index contributed by atoms with van der Waals surface area (Å²) in [6.45, 7) is 10.2. The van der Waals surface area contributed by atoms with Crippen LogP contribution in [-0.4, -0.2) is 26.0 Å². The monoisotopic (exact) mass is 261 g/mol. The lowest BCUT2D eigenvalue weighted by Crippen LogP contribution is -2.21. The fourth-order valence-corrected chi connectivity index (χ4v) is 1.65. The summed E-state index contributed by atoms with van der Waals surface area (Å²) in [6.07, 6.45) is 5.92. The van der Waals surface area contributed by atoms with Gasteiger partial charge in [-0.1, -0.05) is 19.8 Å². The van der Waals surface area contributed by atoms with Gasteiger partial charge in [-0.05, 0) is 26.0 Å². The van der Waals surface area contributed by atoms with Crippen LogP contribution < -0.4 is 9.64 Å². The normalized spacial score (nSPS) is 8.79. The summed E-state index contributed by atoms with van der Waals surface area (Å²) in [5.74, 6) is 2.94. The third-order valence-electron chi connectivity index (χ3n) is 2.56. The van der Waals surface area contributed by atoms with Crippen LogP contribution in [0.2, 0.25) is 0 Å². The lowest BCUT2D eigenvalue weighted by Gasteiger charge is -2.22. The van der Waals surface area contributed by atoms with Gasteiger partial charge in [0.2, 0.25) is 0 Å². The summed E-state index contributed by atoms with van der Waals surface area (Å²) in [5, 5.41) is 0. The van der Waals surface area contributed by atoms with E-state index in [0.717, 1.165) is 25.1 Å². The molecule has 0 radical (unpaired) electrons. The third kappa shape index (κ3) is 5.05. The second-order valence-corrected chi connectivity index (χ2v) is 3.51. The van der Waals surface area contributed by atoms with E-state index in [4.69, 9.17) is 11.2 Å². The van der Waals surface area contributed by atoms with Gasteiger partial charge in [0, 0.05) is 24.8 Å². The van der Waals surface area contributed by atoms with Crippen molar-refractivity contribution in [3.63, 3.8) is 0 Å². The van der Waals surface area contributed by atoms with Crippen LogP contribution in [0.5, 0.6) is 5.75 Å². The summed E-state index contributed by atoms with van der Waals surface area (Å²) >= 11 is 0. The fraction of sp³-hybridized carbons (Fsp3) is 0.438. The van der Waals surface area contributed by atoms with Gasteiger partial charge in [-0.25, -0.2) is 0 Å². The molecule has 0 saturated heterocycles. The largest absolute Gasteiger partial charge is 0.480 e. The van der Waals surface area contributed by atoms with Crippen molar-refractivity contribution >= 4 is 12.0 Å². The molecule has 0 saturated carbocycles. The topological polar surface area (TPSA) is 29.5 Å². The zero-order valence-electron chi connectivity index (χ0n) is 12.3. The summed E-state index contributed by atoms with van der Waals surface area (Å²) in [4.78, 5) is 13.0. The van der Waals surface area contributed by atoms with Gasteiger partial charge in [0.1, 0.15) is 12.4 Å². The Morgan fingerprint density at radius 1 is 1.32 bits per heavy atom. The maximum absolute atomic E-state index is 10.9. The fourth-order valence-electron chi connectivity index (χ4n) is 1.65. The molecule has 0 bridgehead atoms. The maximum atomic E-state index is 10.9. The Hall–Kier alpha value is -1.95. The first-order valence-corrected chi connectivity index (χ1v) is 6.67. The number of hydrogen-bond donors (Lipinski definition) is 0. The van der Waals surface area contributed by atoms with Crippen molar-refractivity contribution in [2.45, 2.75) is 27.7 Å². The molecule has 0 aromatic heterocycles. The average molecular weight is 261 g/mol. The van der Waals surface area contributed by atoms with Crippen LogP contribution in [0, 0.1) is 12.3 Å². The van der Waals surface area contributed by atoms with E-state index >= 15 is 0 Å². The molecule has 0 amide bonds. The van der Waals surface area contributed by atoms with E-state index in [1.807, 2.05) is 26.0 Å². The third-order valence-corrected chi connectivity index (χ3v) is 2.56. The highest BCUT2D eigenvalue weighted by Crippen LogP contribution is 2.24. The minimum Gasteiger partial charge on any atom is -0.480 e. The standard InChI is InChI=1S/C14H17NO2.C2H6/c1-4-9-17-14-10-13(15(5-2)6-3)8-7-12(14)11-16;1-2/h1,7-8,10-11H,5-6,9H2,2-3H3;1-2H3. The molecular weight excluding hydrogens is 238 g/mol. The molecule has 0 fully saturated rings. The van der Waals surface area contributed by atoms with Gasteiger partial charge in [-0.3, -0.25) is 4.79 Å². The van der Waals surface area contributed by atoms with E-state index in [9.17, 15) is 4.79 Å². The molecule has 1 aromatic carbocycles. The highest BCUT2D eigenvalue weighted by atomic mass is 16.5. The van der Waals surface area contributed by atoms with Crippen molar-refractivity contribution in [2.24, 2.45) is 0 Å². The molecule has 0 spiro atoms. The quantitative estimate of drug-likeness (QED) is 0.581. The van der Waals surface area contributed by atoms with Gasteiger partial charge in [-0.15, -0.1) is 6.42 Å². The van der Waals surface area contributed by atoms with Crippen molar-refractivity contribution in [1.29, 1.82) is 0 Å². The summed E-state index contributed by atoms with van der Waals surface area (Å²) < 4.78 is 5.36. The summed E-state index contributed by atoms with van der Waals surface area (Å²) in [5.41, 5.74) is 1.56. The SMILES string of the molecule is C#CCOc1cc(N(CC)CC)ccc1C=O.CC. The van der Waals surface area contributed by atoms with Crippen LogP contribution in [0.25, 0.3) is 0 Å². The van der Waals surface area contributed by atoms with Gasteiger partial charge < -0.3 is 9.64 Å². The van der Waals surface area contributed by atoms with E-state index < -0.39 is 0 Å². The number of rotatable bonds is 6. The number of nitrogens with zero attached hydrogens (tertiary/aromatic N) is 1. The van der Waals surface area contributed by atoms with Crippen molar-refractivity contribution in [2.75, 3.05) is 24.6 Å². The molecule has 19 heavy (non-hydrogen) atoms. The summed E-state index contributed by atoms with van der Waals surface area (Å²) in [7, 11) is 0. The van der Waals surface area contributed by atoms with Gasteiger partial charge in [0.15, 0.2) is 6.29 Å². The summed E-state index contributed by atoms with van der Waals surface area (Å²) in [6, 6.07) is 5.53. The molecule has 3 heteroatoms. The Morgan fingerprint density at radius 2 is 1.95 bits per heavy atom. The Morgan fingerprint density at radius 3 is 2.42 bits per heavy atom. The van der Waals surface area contributed by atoms with Gasteiger partial charge >= 0.3 is 0 Å². The first-order valence-electron chi connectivity index (χ1n) is 6.67. The number of anilines is 1. The van der Waals surface area contributed by atoms with Crippen molar-refractivity contribution < 1.29 is 9.53 Å². The highest BCUT2D eigenvalue weighted by molar-refractivity contribution is 5.80. The second kappa shape index (κ2) is 10.0. The molecule has 0 N–H and O–H groups in total. The number of aldehydes is 1. The van der Waals surface area contributed by atoms with Crippen molar-refractivity contribution in [1.82, 2.24) is 0 Å². The number of carbonyl (C=O) groups is 1. The minimum atomic E-state index is 0.169. The van der Waals surface area contributed by atoms with Crippen LogP contribution in [0.4, 0.5) is 5.69 Å². The van der Waals surface area contributed by atoms with Crippen LogP contribution in [0.3, 0.4) is 0 Å². The minimum absolute atomic E-state index is 0.169. The van der Waals surface area contributed by atoms with E-state index in [1.165, 1.54) is 0 Å². The molecule has 0 aliphatic carbocycles. The number of hydrogen-bond acceptors (Lipinski definition) is 3. The van der Waals surface area contributed by atoms with Crippen LogP contribution >= 0.6 is 0 Å². The van der Waals surface area contributed by atoms with E-state index in [-0.39, 0.29) is 6.61 Å². The van der Waals surface area contributed by atoms with Gasteiger partial charge in [0.25, 0.3) is 0 Å². The lowest BCUT2D eigenvalue weighted by atomic mass is 10.2. The predicted octanol–water partition coefficient (Wildman–Crippen LogP) is 3.38. The van der Waals surface area contributed by atoms with Crippen molar-refractivity contribution in [3.05, 3.63) is 23.8 Å². The highest BCUT2D eigenvalue weighted by Gasteiger charge is 2.07. The zero-order chi connectivity index (χ0) is 14.7. The van der Waals surface area contributed by atoms with E-state index in [0.29, 0.717) is 11.3 Å². The Balaban J connectivity index is 0.00000154. The first kappa shape index (κ1) is 17.1. The van der Waals surface area contributed by atoms with Crippen LogP contribution in [0.15, 0.2) is 18.2 Å². The molecule has 0 aliphatic heterocycles. The molecule has 0 aliphatic rings. The number of ether oxygens (including phenoxy) is 1. The number of benzene rings is 1. The molecular formula is C16H23NO2. The molecule has 1 aromatic rings. The second-order valence-electron chi connectivity index (χ2n) is 3.51. The molecule has 104 valence electrons. The van der Waals surface area contributed by atoms with E-state index in [2.05, 4.69) is 24.7 Å². The zero-order valence-corrected chi connectivity index (χ0v) is 12.3. The Labute approximate surface area is 116 Å². The first-order chi connectivity index (χ1) is 9.26. The molecule has 0 atom stereocenters. The van der Waals surface area contributed by atoms with Crippen LogP contribution in [-0.2, 0) is 0 Å². The Bertz CT molecular complexity index is 417. The van der Waals surface area contributed by atoms with Crippen LogP contribution in [0.1, 0.15) is 38.1 Å². The van der Waals surface area contributed by atoms with E-state index in [1.54, 1.807) is 6.07 Å². The van der Waals surface area contributed by atoms with Gasteiger partial charge in [-0.2, -0.15) is 0 Å². The number of carbonyl (C=O) groups excluding carboxylic acids is 1. The molecule has 3 nitrogen and oxygen atoms in total. The average Bonchev–Trinajstić information content (AvgIpc) is 2.48. The molecule has 0 heterocycles.